The molecule has 5 heteroatoms. The second-order valence-corrected chi connectivity index (χ2v) is 19.4. The highest BCUT2D eigenvalue weighted by Gasteiger charge is 2.67. The molecule has 1 spiro atoms. The number of aliphatic hydroxyl groups excluding tert-OH is 2. The van der Waals surface area contributed by atoms with Crippen LogP contribution in [0.1, 0.15) is 122 Å². The molecule has 48 heavy (non-hydrogen) atoms. The van der Waals surface area contributed by atoms with Crippen LogP contribution in [0.15, 0.2) is 30.3 Å². The van der Waals surface area contributed by atoms with E-state index in [1.807, 2.05) is 7.11 Å². The Morgan fingerprint density at radius 2 is 1.69 bits per heavy atom. The maximum Gasteiger partial charge on any atom is 0.0805 e. The molecular formula is C43H67NO4. The minimum atomic E-state index is -0.590. The lowest BCUT2D eigenvalue weighted by atomic mass is 9.46. The average molecular weight is 662 g/mol. The average Bonchev–Trinajstić information content (AvgIpc) is 3.64. The van der Waals surface area contributed by atoms with Crippen LogP contribution in [-0.2, 0) is 4.74 Å². The minimum absolute atomic E-state index is 0.00668. The molecular weight excluding hydrogens is 594 g/mol. The fraction of sp³-hybridized carbons (Fsp3) is 0.860. The molecule has 5 aliphatic carbocycles. The number of benzene rings is 1. The summed E-state index contributed by atoms with van der Waals surface area (Å²) < 4.78 is 5.44. The Morgan fingerprint density at radius 1 is 0.875 bits per heavy atom. The van der Waals surface area contributed by atoms with Crippen LogP contribution >= 0.6 is 0 Å². The number of rotatable bonds is 7. The molecule has 2 saturated heterocycles. The first-order valence-corrected chi connectivity index (χ1v) is 20.4. The fourth-order valence-electron chi connectivity index (χ4n) is 14.9. The lowest BCUT2D eigenvalue weighted by molar-refractivity contribution is -0.180. The highest BCUT2D eigenvalue weighted by atomic mass is 16.5. The highest BCUT2D eigenvalue weighted by molar-refractivity contribution is 5.21. The molecule has 268 valence electrons. The van der Waals surface area contributed by atoms with Crippen LogP contribution in [0.2, 0.25) is 0 Å². The van der Waals surface area contributed by atoms with Gasteiger partial charge >= 0.3 is 0 Å². The normalized spacial score (nSPS) is 50.6. The maximum atomic E-state index is 12.2. The third-order valence-electron chi connectivity index (χ3n) is 16.9. The van der Waals surface area contributed by atoms with Crippen molar-refractivity contribution in [2.24, 2.45) is 64.1 Å². The SMILES string of the molecule is COCCCC(CC1CCC2(C1)CC1(C)C(CC2O)C(O)CC2C3CCC4C(CN5CC(C)CCC5C4(C)O)C3CC21)c1ccccc1. The van der Waals surface area contributed by atoms with Gasteiger partial charge in [-0.1, -0.05) is 44.2 Å². The van der Waals surface area contributed by atoms with Gasteiger partial charge in [0, 0.05) is 32.8 Å². The quantitative estimate of drug-likeness (QED) is 0.262. The van der Waals surface area contributed by atoms with E-state index >= 15 is 0 Å². The number of methoxy groups -OCH3 is 1. The number of fused-ring (bicyclic) bond motifs is 8. The van der Waals surface area contributed by atoms with Gasteiger partial charge in [0.05, 0.1) is 17.8 Å². The van der Waals surface area contributed by atoms with Crippen LogP contribution in [0.25, 0.3) is 0 Å². The minimum Gasteiger partial charge on any atom is -0.393 e. The second-order valence-electron chi connectivity index (χ2n) is 19.4. The van der Waals surface area contributed by atoms with E-state index in [4.69, 9.17) is 4.74 Å². The van der Waals surface area contributed by atoms with E-state index in [2.05, 4.69) is 56.0 Å². The predicted octanol–water partition coefficient (Wildman–Crippen LogP) is 7.68. The van der Waals surface area contributed by atoms with Gasteiger partial charge in [0.15, 0.2) is 0 Å². The smallest absolute Gasteiger partial charge is 0.0805 e. The first-order valence-electron chi connectivity index (χ1n) is 20.4. The summed E-state index contributed by atoms with van der Waals surface area (Å²) in [6.07, 6.45) is 15.3. The standard InChI is InChI=1S/C43H67NO4/c1-27-12-15-39-42(3,47)35-14-13-31-32(34(35)25-44(39)24-27)20-36-33(31)21-38(45)37-22-40(46)43(26-41(36,37)2)17-16-28(23-43)19-30(11-8-18-48-4)29-9-6-5-7-10-29/h5-7,9-10,27-28,30-40,45-47H,8,11-26H2,1-4H3. The molecule has 0 amide bonds. The summed E-state index contributed by atoms with van der Waals surface area (Å²) in [4.78, 5) is 2.71. The summed E-state index contributed by atoms with van der Waals surface area (Å²) in [5.74, 6) is 5.72. The van der Waals surface area contributed by atoms with Gasteiger partial charge < -0.3 is 20.1 Å². The molecule has 7 aliphatic rings. The van der Waals surface area contributed by atoms with Gasteiger partial charge in [-0.2, -0.15) is 0 Å². The van der Waals surface area contributed by atoms with Crippen molar-refractivity contribution in [3.63, 3.8) is 0 Å². The van der Waals surface area contributed by atoms with E-state index in [-0.39, 0.29) is 29.0 Å². The van der Waals surface area contributed by atoms with Crippen molar-refractivity contribution in [1.29, 1.82) is 0 Å². The Hall–Kier alpha value is -0.980. The molecule has 7 fully saturated rings. The van der Waals surface area contributed by atoms with Crippen LogP contribution in [0.3, 0.4) is 0 Å². The number of ether oxygens (including phenoxy) is 1. The predicted molar refractivity (Wildman–Crippen MR) is 191 cm³/mol. The number of hydrogen-bond acceptors (Lipinski definition) is 5. The molecule has 2 aliphatic heterocycles. The zero-order valence-corrected chi connectivity index (χ0v) is 30.6. The molecule has 3 N–H and O–H groups in total. The monoisotopic (exact) mass is 662 g/mol. The lowest BCUT2D eigenvalue weighted by Crippen LogP contribution is -2.67. The Labute approximate surface area is 291 Å². The molecule has 8 rings (SSSR count). The van der Waals surface area contributed by atoms with Gasteiger partial charge in [-0.3, -0.25) is 4.90 Å². The summed E-state index contributed by atoms with van der Waals surface area (Å²) in [6.45, 7) is 10.3. The van der Waals surface area contributed by atoms with Gasteiger partial charge in [-0.05, 0) is 172 Å². The van der Waals surface area contributed by atoms with E-state index < -0.39 is 5.60 Å². The van der Waals surface area contributed by atoms with E-state index in [0.29, 0.717) is 53.4 Å². The summed E-state index contributed by atoms with van der Waals surface area (Å²) >= 11 is 0. The van der Waals surface area contributed by atoms with Gasteiger partial charge in [0.2, 0.25) is 0 Å². The van der Waals surface area contributed by atoms with Crippen LogP contribution in [-0.4, -0.2) is 70.9 Å². The molecule has 5 nitrogen and oxygen atoms in total. The van der Waals surface area contributed by atoms with Crippen LogP contribution < -0.4 is 0 Å². The van der Waals surface area contributed by atoms with Crippen molar-refractivity contribution < 1.29 is 20.1 Å². The highest BCUT2D eigenvalue weighted by Crippen LogP contribution is 2.71. The molecule has 1 aromatic carbocycles. The topological polar surface area (TPSA) is 73.2 Å². The molecule has 2 heterocycles. The third-order valence-corrected chi connectivity index (χ3v) is 16.9. The molecule has 1 aromatic rings. The van der Waals surface area contributed by atoms with Crippen molar-refractivity contribution >= 4 is 0 Å². The first kappa shape index (κ1) is 34.1. The van der Waals surface area contributed by atoms with E-state index in [0.717, 1.165) is 76.9 Å². The molecule has 16 atom stereocenters. The van der Waals surface area contributed by atoms with E-state index in [1.165, 1.54) is 44.2 Å². The van der Waals surface area contributed by atoms with Crippen molar-refractivity contribution in [2.75, 3.05) is 26.8 Å². The molecule has 5 saturated carbocycles. The van der Waals surface area contributed by atoms with Crippen molar-refractivity contribution in [2.45, 2.75) is 140 Å². The van der Waals surface area contributed by atoms with Crippen LogP contribution in [0.4, 0.5) is 0 Å². The van der Waals surface area contributed by atoms with Crippen molar-refractivity contribution in [3.8, 4) is 0 Å². The van der Waals surface area contributed by atoms with Gasteiger partial charge in [0.1, 0.15) is 0 Å². The number of nitrogens with zero attached hydrogens (tertiary/aromatic N) is 1. The number of hydrogen-bond donors (Lipinski definition) is 3. The summed E-state index contributed by atoms with van der Waals surface area (Å²) in [6, 6.07) is 11.5. The molecule has 0 bridgehead atoms. The molecule has 16 unspecified atom stereocenters. The Kier molecular flexibility index (Phi) is 9.17. The van der Waals surface area contributed by atoms with Crippen LogP contribution in [0, 0.1) is 64.1 Å². The third kappa shape index (κ3) is 5.58. The Bertz CT molecular complexity index is 1270. The zero-order valence-electron chi connectivity index (χ0n) is 30.6. The van der Waals surface area contributed by atoms with Gasteiger partial charge in [-0.25, -0.2) is 0 Å². The summed E-state index contributed by atoms with van der Waals surface area (Å²) in [5, 5.41) is 36.1. The number of aliphatic hydroxyl groups is 3. The number of piperidine rings is 2. The Morgan fingerprint density at radius 3 is 2.48 bits per heavy atom. The van der Waals surface area contributed by atoms with E-state index in [9.17, 15) is 15.3 Å². The molecule has 0 aromatic heterocycles. The largest absolute Gasteiger partial charge is 0.393 e. The van der Waals surface area contributed by atoms with E-state index in [1.54, 1.807) is 0 Å². The second kappa shape index (κ2) is 12.9. The van der Waals surface area contributed by atoms with Gasteiger partial charge in [0.25, 0.3) is 0 Å². The fourth-order valence-corrected chi connectivity index (χ4v) is 14.9. The summed E-state index contributed by atoms with van der Waals surface area (Å²) in [7, 11) is 1.81. The molecule has 0 radical (unpaired) electrons. The first-order chi connectivity index (χ1) is 23.0. The Balaban J connectivity index is 1.02. The zero-order chi connectivity index (χ0) is 33.4. The lowest BCUT2D eigenvalue weighted by Gasteiger charge is -2.60. The maximum absolute atomic E-state index is 12.2. The van der Waals surface area contributed by atoms with Crippen molar-refractivity contribution in [3.05, 3.63) is 35.9 Å². The van der Waals surface area contributed by atoms with Gasteiger partial charge in [-0.15, -0.1) is 0 Å². The summed E-state index contributed by atoms with van der Waals surface area (Å²) in [5.41, 5.74) is 0.947. The van der Waals surface area contributed by atoms with Crippen LogP contribution in [0.5, 0.6) is 0 Å². The van der Waals surface area contributed by atoms with Crippen molar-refractivity contribution in [1.82, 2.24) is 4.90 Å².